The first-order valence-corrected chi connectivity index (χ1v) is 8.99. The first-order valence-electron chi connectivity index (χ1n) is 8.22. The molecule has 0 fully saturated rings. The van der Waals surface area contributed by atoms with Gasteiger partial charge >= 0.3 is 5.97 Å². The van der Waals surface area contributed by atoms with Gasteiger partial charge in [0.1, 0.15) is 0 Å². The Morgan fingerprint density at radius 2 is 1.85 bits per heavy atom. The average molecular weight is 382 g/mol. The van der Waals surface area contributed by atoms with E-state index in [1.54, 1.807) is 26.4 Å². The third-order valence-corrected chi connectivity index (χ3v) is 5.14. The number of ether oxygens (including phenoxy) is 2. The number of carbonyl (C=O) groups is 1. The van der Waals surface area contributed by atoms with Gasteiger partial charge in [0, 0.05) is 29.0 Å². The van der Waals surface area contributed by atoms with Crippen LogP contribution in [0, 0.1) is 11.3 Å². The van der Waals surface area contributed by atoms with E-state index in [2.05, 4.69) is 6.07 Å². The molecule has 0 aliphatic rings. The lowest BCUT2D eigenvalue weighted by molar-refractivity contribution is -0.136. The molecule has 1 heterocycles. The molecule has 1 N–H and O–H groups in total. The predicted octanol–water partition coefficient (Wildman–Crippen LogP) is 4.10. The molecule has 0 saturated carbocycles. The van der Waals surface area contributed by atoms with Crippen LogP contribution in [-0.4, -0.2) is 29.3 Å². The predicted molar refractivity (Wildman–Crippen MR) is 103 cm³/mol. The minimum atomic E-state index is -0.837. The van der Waals surface area contributed by atoms with Crippen LogP contribution in [-0.2, 0) is 11.2 Å². The zero-order chi connectivity index (χ0) is 19.4. The summed E-state index contributed by atoms with van der Waals surface area (Å²) in [5, 5.41) is 18.9. The molecule has 0 bridgehead atoms. The standard InChI is InChI=1S/C20H18N2O4S/c1-25-18-9-16-14(5-8-20(23)24)12-22(17(16)10-19(18)26-2)27-15-6-3-13(11-21)4-7-15/h3-4,6-7,9-10,12H,5,8H2,1-2H3,(H,23,24). The average Bonchev–Trinajstić information content (AvgIpc) is 3.02. The van der Waals surface area contributed by atoms with E-state index in [1.807, 2.05) is 34.4 Å². The molecule has 2 aromatic carbocycles. The Morgan fingerprint density at radius 3 is 2.44 bits per heavy atom. The summed E-state index contributed by atoms with van der Waals surface area (Å²) in [7, 11) is 3.15. The number of aliphatic carboxylic acids is 1. The van der Waals surface area contributed by atoms with E-state index in [-0.39, 0.29) is 6.42 Å². The summed E-state index contributed by atoms with van der Waals surface area (Å²) in [5.41, 5.74) is 2.43. The molecule has 0 spiro atoms. The summed E-state index contributed by atoms with van der Waals surface area (Å²) in [6.45, 7) is 0. The van der Waals surface area contributed by atoms with Crippen molar-refractivity contribution in [1.82, 2.24) is 3.97 Å². The van der Waals surface area contributed by atoms with Gasteiger partial charge in [0.2, 0.25) is 0 Å². The minimum Gasteiger partial charge on any atom is -0.493 e. The molecule has 0 unspecified atom stereocenters. The number of benzene rings is 2. The number of aryl methyl sites for hydroxylation is 1. The fourth-order valence-corrected chi connectivity index (χ4v) is 3.72. The third-order valence-electron chi connectivity index (χ3n) is 4.15. The maximum atomic E-state index is 11.0. The van der Waals surface area contributed by atoms with Gasteiger partial charge in [0.25, 0.3) is 0 Å². The lowest BCUT2D eigenvalue weighted by atomic mass is 10.1. The van der Waals surface area contributed by atoms with Gasteiger partial charge in [-0.05, 0) is 54.3 Å². The molecule has 0 saturated heterocycles. The van der Waals surface area contributed by atoms with Gasteiger partial charge in [-0.15, -0.1) is 0 Å². The van der Waals surface area contributed by atoms with Crippen LogP contribution < -0.4 is 9.47 Å². The minimum absolute atomic E-state index is 0.0506. The van der Waals surface area contributed by atoms with Crippen LogP contribution in [0.25, 0.3) is 10.9 Å². The first-order chi connectivity index (χ1) is 13.0. The van der Waals surface area contributed by atoms with Crippen molar-refractivity contribution in [2.45, 2.75) is 17.7 Å². The van der Waals surface area contributed by atoms with Crippen molar-refractivity contribution in [3.63, 3.8) is 0 Å². The molecule has 0 aliphatic carbocycles. The molecule has 0 amide bonds. The molecule has 0 atom stereocenters. The van der Waals surface area contributed by atoms with Crippen LogP contribution in [0.1, 0.15) is 17.5 Å². The van der Waals surface area contributed by atoms with Gasteiger partial charge in [-0.2, -0.15) is 5.26 Å². The topological polar surface area (TPSA) is 84.5 Å². The number of aromatic nitrogens is 1. The van der Waals surface area contributed by atoms with Crippen LogP contribution in [0.3, 0.4) is 0 Å². The smallest absolute Gasteiger partial charge is 0.303 e. The van der Waals surface area contributed by atoms with Crippen LogP contribution >= 0.6 is 11.9 Å². The monoisotopic (exact) mass is 382 g/mol. The second-order valence-corrected chi connectivity index (χ2v) is 6.87. The number of rotatable bonds is 7. The Morgan fingerprint density at radius 1 is 1.19 bits per heavy atom. The second kappa shape index (κ2) is 8.06. The van der Waals surface area contributed by atoms with Crippen LogP contribution in [0.4, 0.5) is 0 Å². The van der Waals surface area contributed by atoms with Gasteiger partial charge in [-0.25, -0.2) is 0 Å². The Hall–Kier alpha value is -3.11. The van der Waals surface area contributed by atoms with Gasteiger partial charge in [0.05, 0.1) is 31.4 Å². The molecule has 7 heteroatoms. The quantitative estimate of drug-likeness (QED) is 0.662. The molecule has 3 rings (SSSR count). The van der Waals surface area contributed by atoms with Crippen molar-refractivity contribution in [2.24, 2.45) is 0 Å². The largest absolute Gasteiger partial charge is 0.493 e. The Labute approximate surface area is 161 Å². The summed E-state index contributed by atoms with van der Waals surface area (Å²) >= 11 is 1.49. The van der Waals surface area contributed by atoms with Gasteiger partial charge in [-0.3, -0.25) is 8.77 Å². The molecule has 138 valence electrons. The van der Waals surface area contributed by atoms with Crippen molar-refractivity contribution in [3.8, 4) is 17.6 Å². The Balaban J connectivity index is 2.06. The van der Waals surface area contributed by atoms with E-state index in [1.165, 1.54) is 11.9 Å². The van der Waals surface area contributed by atoms with E-state index < -0.39 is 5.97 Å². The van der Waals surface area contributed by atoms with Crippen LogP contribution in [0.5, 0.6) is 11.5 Å². The summed E-state index contributed by atoms with van der Waals surface area (Å²) in [4.78, 5) is 12.0. The molecular formula is C20H18N2O4S. The molecule has 6 nitrogen and oxygen atoms in total. The summed E-state index contributed by atoms with van der Waals surface area (Å²) in [6.07, 6.45) is 2.41. The maximum Gasteiger partial charge on any atom is 0.303 e. The van der Waals surface area contributed by atoms with Crippen molar-refractivity contribution in [1.29, 1.82) is 5.26 Å². The lowest BCUT2D eigenvalue weighted by Crippen LogP contribution is -1.97. The fourth-order valence-electron chi connectivity index (χ4n) is 2.81. The number of hydrogen-bond donors (Lipinski definition) is 1. The highest BCUT2D eigenvalue weighted by Crippen LogP contribution is 2.37. The van der Waals surface area contributed by atoms with E-state index in [4.69, 9.17) is 19.8 Å². The first kappa shape index (κ1) is 18.7. The summed E-state index contributed by atoms with van der Waals surface area (Å²) in [6, 6.07) is 13.2. The molecule has 0 aliphatic heterocycles. The number of fused-ring (bicyclic) bond motifs is 1. The van der Waals surface area contributed by atoms with E-state index in [0.717, 1.165) is 21.4 Å². The number of nitrogens with zero attached hydrogens (tertiary/aromatic N) is 2. The lowest BCUT2D eigenvalue weighted by Gasteiger charge is -2.10. The van der Waals surface area contributed by atoms with Crippen molar-refractivity contribution < 1.29 is 19.4 Å². The van der Waals surface area contributed by atoms with E-state index in [9.17, 15) is 4.79 Å². The van der Waals surface area contributed by atoms with Gasteiger partial charge in [-0.1, -0.05) is 0 Å². The molecule has 3 aromatic rings. The molecule has 1 aromatic heterocycles. The van der Waals surface area contributed by atoms with Crippen molar-refractivity contribution >= 4 is 28.8 Å². The normalized spacial score (nSPS) is 10.6. The molecule has 27 heavy (non-hydrogen) atoms. The van der Waals surface area contributed by atoms with E-state index >= 15 is 0 Å². The number of nitriles is 1. The zero-order valence-corrected chi connectivity index (χ0v) is 15.7. The Bertz CT molecular complexity index is 1020. The molecule has 0 radical (unpaired) electrons. The highest BCUT2D eigenvalue weighted by atomic mass is 32.2. The van der Waals surface area contributed by atoms with Crippen molar-refractivity contribution in [3.05, 3.63) is 53.7 Å². The second-order valence-electron chi connectivity index (χ2n) is 5.83. The number of methoxy groups -OCH3 is 2. The number of hydrogen-bond acceptors (Lipinski definition) is 5. The van der Waals surface area contributed by atoms with Gasteiger partial charge in [0.15, 0.2) is 11.5 Å². The summed E-state index contributed by atoms with van der Waals surface area (Å²) in [5.74, 6) is 0.369. The van der Waals surface area contributed by atoms with Crippen LogP contribution in [0.2, 0.25) is 0 Å². The number of carboxylic acids is 1. The maximum absolute atomic E-state index is 11.0. The molecular weight excluding hydrogens is 364 g/mol. The summed E-state index contributed by atoms with van der Waals surface area (Å²) < 4.78 is 12.8. The highest BCUT2D eigenvalue weighted by Gasteiger charge is 2.15. The number of carboxylic acid groups (broad SMARTS) is 1. The van der Waals surface area contributed by atoms with Crippen molar-refractivity contribution in [2.75, 3.05) is 14.2 Å². The highest BCUT2D eigenvalue weighted by molar-refractivity contribution is 7.98. The van der Waals surface area contributed by atoms with E-state index in [0.29, 0.717) is 23.5 Å². The SMILES string of the molecule is COc1cc2c(CCC(=O)O)cn(Sc3ccc(C#N)cc3)c2cc1OC. The third kappa shape index (κ3) is 4.01. The van der Waals surface area contributed by atoms with Crippen LogP contribution in [0.15, 0.2) is 47.5 Å². The zero-order valence-electron chi connectivity index (χ0n) is 14.9. The van der Waals surface area contributed by atoms with Gasteiger partial charge < -0.3 is 14.6 Å². The Kier molecular flexibility index (Phi) is 5.57. The fraction of sp³-hybridized carbons (Fsp3) is 0.200.